The molecule has 7 heteroatoms. The zero-order valence-corrected chi connectivity index (χ0v) is 18.2. The molecule has 1 fully saturated rings. The van der Waals surface area contributed by atoms with Crippen molar-refractivity contribution in [3.63, 3.8) is 0 Å². The van der Waals surface area contributed by atoms with Gasteiger partial charge in [0.2, 0.25) is 0 Å². The van der Waals surface area contributed by atoms with Crippen molar-refractivity contribution >= 4 is 31.6 Å². The third kappa shape index (κ3) is 4.40. The van der Waals surface area contributed by atoms with Crippen LogP contribution in [0, 0.1) is 18.3 Å². The molecule has 26 heavy (non-hydrogen) atoms. The smallest absolute Gasteiger partial charge is 0.321 e. The first-order valence-electron chi connectivity index (χ1n) is 8.89. The number of rotatable bonds is 3. The van der Waals surface area contributed by atoms with Crippen molar-refractivity contribution in [3.05, 3.63) is 28.3 Å². The fourth-order valence-electron chi connectivity index (χ4n) is 2.70. The van der Waals surface area contributed by atoms with Crippen LogP contribution in [0.5, 0.6) is 0 Å². The molecule has 0 radical (unpaired) electrons. The van der Waals surface area contributed by atoms with Crippen molar-refractivity contribution in [3.8, 4) is 6.07 Å². The van der Waals surface area contributed by atoms with Gasteiger partial charge in [0.05, 0.1) is 16.7 Å². The van der Waals surface area contributed by atoms with Gasteiger partial charge in [-0.3, -0.25) is 0 Å². The molecule has 5 nitrogen and oxygen atoms in total. The third-order valence-corrected chi connectivity index (χ3v) is 10.5. The predicted molar refractivity (Wildman–Crippen MR) is 108 cm³/mol. The van der Waals surface area contributed by atoms with E-state index in [1.54, 1.807) is 24.0 Å². The molecule has 2 amide bonds. The topological polar surface area (TPSA) is 65.4 Å². The minimum atomic E-state index is -1.84. The average Bonchev–Trinajstić information content (AvgIpc) is 2.99. The number of nitriles is 1. The molecule has 0 aromatic heterocycles. The largest absolute Gasteiger partial charge is 0.412 e. The number of carbonyl (C=O) groups excluding carboxylic acids is 1. The first-order valence-corrected chi connectivity index (χ1v) is 12.2. The third-order valence-electron chi connectivity index (χ3n) is 5.45. The van der Waals surface area contributed by atoms with Crippen LogP contribution in [0.25, 0.3) is 0 Å². The molecule has 1 saturated heterocycles. The number of urea groups is 1. The van der Waals surface area contributed by atoms with Crippen molar-refractivity contribution in [2.75, 3.05) is 18.4 Å². The van der Waals surface area contributed by atoms with Gasteiger partial charge in [-0.1, -0.05) is 32.4 Å². The highest BCUT2D eigenvalue weighted by Gasteiger charge is 2.41. The lowest BCUT2D eigenvalue weighted by Crippen LogP contribution is -2.45. The summed E-state index contributed by atoms with van der Waals surface area (Å²) in [6.45, 7) is 14.2. The maximum Gasteiger partial charge on any atom is 0.321 e. The molecule has 0 unspecified atom stereocenters. The number of amides is 2. The van der Waals surface area contributed by atoms with Crippen LogP contribution >= 0.6 is 11.6 Å². The van der Waals surface area contributed by atoms with Gasteiger partial charge in [-0.05, 0) is 49.2 Å². The van der Waals surface area contributed by atoms with Crippen molar-refractivity contribution < 1.29 is 9.22 Å². The van der Waals surface area contributed by atoms with Gasteiger partial charge in [-0.15, -0.1) is 0 Å². The second-order valence-corrected chi connectivity index (χ2v) is 13.5. The number of hydrogen-bond donors (Lipinski definition) is 1. The lowest BCUT2D eigenvalue weighted by molar-refractivity contribution is 0.181. The Morgan fingerprint density at radius 2 is 2.08 bits per heavy atom. The Kier molecular flexibility index (Phi) is 6.06. The molecular formula is C19H28ClN3O2Si. The first kappa shape index (κ1) is 20.8. The van der Waals surface area contributed by atoms with Gasteiger partial charge >= 0.3 is 6.03 Å². The van der Waals surface area contributed by atoms with Gasteiger partial charge in [-0.2, -0.15) is 5.26 Å². The number of benzene rings is 1. The van der Waals surface area contributed by atoms with Crippen LogP contribution in [0.4, 0.5) is 10.5 Å². The van der Waals surface area contributed by atoms with E-state index in [0.717, 1.165) is 6.42 Å². The molecule has 2 rings (SSSR count). The van der Waals surface area contributed by atoms with Crippen molar-refractivity contribution in [1.82, 2.24) is 4.90 Å². The minimum absolute atomic E-state index is 0.0901. The highest BCUT2D eigenvalue weighted by Crippen LogP contribution is 2.38. The Bertz CT molecular complexity index is 738. The van der Waals surface area contributed by atoms with E-state index < -0.39 is 8.32 Å². The van der Waals surface area contributed by atoms with Crippen molar-refractivity contribution in [2.45, 2.75) is 58.4 Å². The fourth-order valence-corrected chi connectivity index (χ4v) is 4.29. The van der Waals surface area contributed by atoms with Crippen LogP contribution in [0.3, 0.4) is 0 Å². The maximum absolute atomic E-state index is 12.6. The summed E-state index contributed by atoms with van der Waals surface area (Å²) in [5.41, 5.74) is 1.74. The molecule has 0 bridgehead atoms. The van der Waals surface area contributed by atoms with E-state index in [0.29, 0.717) is 34.9 Å². The summed E-state index contributed by atoms with van der Waals surface area (Å²) in [6, 6.07) is 5.23. The normalized spacial score (nSPS) is 17.9. The summed E-state index contributed by atoms with van der Waals surface area (Å²) < 4.78 is 6.43. The Balaban J connectivity index is 2.01. The molecule has 0 saturated carbocycles. The van der Waals surface area contributed by atoms with E-state index in [-0.39, 0.29) is 17.2 Å². The molecule has 1 aliphatic rings. The SMILES string of the molecule is Cc1c(NC(=O)N2CC[C@H](O[Si](C)(C)C(C)(C)C)C2)ccc(C#N)c1Cl. The highest BCUT2D eigenvalue weighted by atomic mass is 35.5. The van der Waals surface area contributed by atoms with Gasteiger partial charge in [0.25, 0.3) is 0 Å². The molecular weight excluding hydrogens is 366 g/mol. The number of halogens is 1. The van der Waals surface area contributed by atoms with Crippen molar-refractivity contribution in [2.24, 2.45) is 0 Å². The molecule has 0 aliphatic carbocycles. The lowest BCUT2D eigenvalue weighted by Gasteiger charge is -2.38. The van der Waals surface area contributed by atoms with Crippen LogP contribution in [-0.4, -0.2) is 38.4 Å². The van der Waals surface area contributed by atoms with E-state index in [9.17, 15) is 4.79 Å². The molecule has 1 aliphatic heterocycles. The zero-order chi connectivity index (χ0) is 19.7. The minimum Gasteiger partial charge on any atom is -0.412 e. The van der Waals surface area contributed by atoms with Gasteiger partial charge in [0, 0.05) is 18.8 Å². The summed E-state index contributed by atoms with van der Waals surface area (Å²) in [5.74, 6) is 0. The Hall–Kier alpha value is -1.55. The van der Waals surface area contributed by atoms with Crippen LogP contribution in [0.2, 0.25) is 23.2 Å². The van der Waals surface area contributed by atoms with E-state index in [1.807, 2.05) is 6.07 Å². The van der Waals surface area contributed by atoms with Gasteiger partial charge in [0.15, 0.2) is 8.32 Å². The van der Waals surface area contributed by atoms with Gasteiger partial charge in [-0.25, -0.2) is 4.79 Å². The van der Waals surface area contributed by atoms with Gasteiger partial charge in [0.1, 0.15) is 6.07 Å². The lowest BCUT2D eigenvalue weighted by atomic mass is 10.1. The average molecular weight is 394 g/mol. The van der Waals surface area contributed by atoms with E-state index in [1.165, 1.54) is 0 Å². The predicted octanol–water partition coefficient (Wildman–Crippen LogP) is 5.15. The van der Waals surface area contributed by atoms with Gasteiger partial charge < -0.3 is 14.6 Å². The molecule has 1 heterocycles. The Labute approximate surface area is 162 Å². The molecule has 0 spiro atoms. The molecule has 1 N–H and O–H groups in total. The van der Waals surface area contributed by atoms with Crippen LogP contribution < -0.4 is 5.32 Å². The van der Waals surface area contributed by atoms with E-state index >= 15 is 0 Å². The summed E-state index contributed by atoms with van der Waals surface area (Å²) >= 11 is 6.18. The van der Waals surface area contributed by atoms with Crippen LogP contribution in [-0.2, 0) is 4.43 Å². The standard InChI is InChI=1S/C19H28ClN3O2Si/c1-13-16(8-7-14(11-21)17(13)20)22-18(24)23-10-9-15(12-23)25-26(5,6)19(2,3)4/h7-8,15H,9-10,12H2,1-6H3,(H,22,24)/t15-/m0/s1. The maximum atomic E-state index is 12.6. The highest BCUT2D eigenvalue weighted by molar-refractivity contribution is 6.74. The fraction of sp³-hybridized carbons (Fsp3) is 0.579. The van der Waals surface area contributed by atoms with Crippen molar-refractivity contribution in [1.29, 1.82) is 5.26 Å². The quantitative estimate of drug-likeness (QED) is 0.722. The Morgan fingerprint density at radius 3 is 2.65 bits per heavy atom. The molecule has 1 atom stereocenters. The van der Waals surface area contributed by atoms with E-state index in [2.05, 4.69) is 39.2 Å². The Morgan fingerprint density at radius 1 is 1.42 bits per heavy atom. The zero-order valence-electron chi connectivity index (χ0n) is 16.4. The monoisotopic (exact) mass is 393 g/mol. The van der Waals surface area contributed by atoms with E-state index in [4.69, 9.17) is 21.3 Å². The number of carbonyl (C=O) groups is 1. The number of hydrogen-bond acceptors (Lipinski definition) is 3. The first-order chi connectivity index (χ1) is 12.0. The summed E-state index contributed by atoms with van der Waals surface area (Å²) in [5, 5.41) is 12.5. The second kappa shape index (κ2) is 7.59. The van der Waals surface area contributed by atoms with Crippen LogP contribution in [0.1, 0.15) is 38.3 Å². The number of likely N-dealkylation sites (tertiary alicyclic amines) is 1. The second-order valence-electron chi connectivity index (χ2n) is 8.38. The summed E-state index contributed by atoms with van der Waals surface area (Å²) in [7, 11) is -1.84. The number of nitrogens with zero attached hydrogens (tertiary/aromatic N) is 2. The molecule has 1 aromatic rings. The molecule has 1 aromatic carbocycles. The molecule has 142 valence electrons. The number of nitrogens with one attached hydrogen (secondary N) is 1. The van der Waals surface area contributed by atoms with Crippen LogP contribution in [0.15, 0.2) is 12.1 Å². The number of anilines is 1. The summed E-state index contributed by atoms with van der Waals surface area (Å²) in [4.78, 5) is 14.4. The summed E-state index contributed by atoms with van der Waals surface area (Å²) in [6.07, 6.45) is 0.944.